The van der Waals surface area contributed by atoms with Crippen molar-refractivity contribution in [1.29, 1.82) is 0 Å². The van der Waals surface area contributed by atoms with Crippen LogP contribution in [0.5, 0.6) is 0 Å². The molecule has 0 aromatic heterocycles. The van der Waals surface area contributed by atoms with Gasteiger partial charge in [0, 0.05) is 26.2 Å². The summed E-state index contributed by atoms with van der Waals surface area (Å²) in [6, 6.07) is 0.376. The number of carbonyl (C=O) groups excluding carboxylic acids is 1. The molecule has 1 rings (SSSR count). The highest BCUT2D eigenvalue weighted by molar-refractivity contribution is 5.74. The number of hydrogen-bond donors (Lipinski definition) is 1. The predicted octanol–water partition coefficient (Wildman–Crippen LogP) is 1.46. The Morgan fingerprint density at radius 3 is 2.73 bits per heavy atom. The average molecular weight is 214 g/mol. The van der Waals surface area contributed by atoms with E-state index in [1.54, 1.807) is 7.11 Å². The highest BCUT2D eigenvalue weighted by Gasteiger charge is 2.33. The zero-order chi connectivity index (χ0) is 11.3. The van der Waals surface area contributed by atoms with Gasteiger partial charge in [-0.2, -0.15) is 0 Å². The van der Waals surface area contributed by atoms with E-state index in [0.717, 1.165) is 0 Å². The van der Waals surface area contributed by atoms with E-state index >= 15 is 0 Å². The molecule has 1 fully saturated rings. The molecule has 0 aromatic carbocycles. The minimum Gasteiger partial charge on any atom is -0.383 e. The molecule has 88 valence electrons. The molecule has 1 aliphatic rings. The third kappa shape index (κ3) is 3.70. The van der Waals surface area contributed by atoms with Crippen LogP contribution in [0.4, 0.5) is 4.79 Å². The molecule has 0 bridgehead atoms. The van der Waals surface area contributed by atoms with Crippen molar-refractivity contribution in [3.8, 4) is 0 Å². The lowest BCUT2D eigenvalue weighted by Gasteiger charge is -2.29. The molecular formula is C11H22N2O2. The van der Waals surface area contributed by atoms with Crippen molar-refractivity contribution in [1.82, 2.24) is 10.2 Å². The van der Waals surface area contributed by atoms with E-state index in [1.165, 1.54) is 12.8 Å². The lowest BCUT2D eigenvalue weighted by Crippen LogP contribution is -2.47. The SMILES string of the molecule is CCNC(=O)N(CCOC)C(C)C1CC1. The first-order valence-electron chi connectivity index (χ1n) is 5.74. The first kappa shape index (κ1) is 12.3. The van der Waals surface area contributed by atoms with Crippen molar-refractivity contribution in [3.63, 3.8) is 0 Å². The molecule has 4 nitrogen and oxygen atoms in total. The number of methoxy groups -OCH3 is 1. The Kier molecular flexibility index (Phi) is 4.88. The smallest absolute Gasteiger partial charge is 0.317 e. The molecule has 0 spiro atoms. The molecule has 15 heavy (non-hydrogen) atoms. The summed E-state index contributed by atoms with van der Waals surface area (Å²) >= 11 is 0. The van der Waals surface area contributed by atoms with Gasteiger partial charge in [0.15, 0.2) is 0 Å². The number of rotatable bonds is 6. The molecule has 1 saturated carbocycles. The van der Waals surface area contributed by atoms with Gasteiger partial charge in [0.2, 0.25) is 0 Å². The van der Waals surface area contributed by atoms with Gasteiger partial charge in [-0.25, -0.2) is 4.79 Å². The minimum atomic E-state index is 0.0361. The number of ether oxygens (including phenoxy) is 1. The van der Waals surface area contributed by atoms with Crippen LogP contribution < -0.4 is 5.32 Å². The van der Waals surface area contributed by atoms with E-state index in [-0.39, 0.29) is 6.03 Å². The number of nitrogens with one attached hydrogen (secondary N) is 1. The van der Waals surface area contributed by atoms with Gasteiger partial charge < -0.3 is 15.0 Å². The van der Waals surface area contributed by atoms with Crippen LogP contribution >= 0.6 is 0 Å². The van der Waals surface area contributed by atoms with E-state index in [1.807, 2.05) is 11.8 Å². The van der Waals surface area contributed by atoms with E-state index in [9.17, 15) is 4.79 Å². The second-order valence-corrected chi connectivity index (χ2v) is 4.10. The largest absolute Gasteiger partial charge is 0.383 e. The van der Waals surface area contributed by atoms with E-state index in [2.05, 4.69) is 12.2 Å². The maximum absolute atomic E-state index is 11.8. The third-order valence-corrected chi connectivity index (χ3v) is 2.92. The Labute approximate surface area is 92.0 Å². The maximum atomic E-state index is 11.8. The second-order valence-electron chi connectivity index (χ2n) is 4.10. The molecular weight excluding hydrogens is 192 g/mol. The Hall–Kier alpha value is -0.770. The lowest BCUT2D eigenvalue weighted by atomic mass is 10.2. The number of carbonyl (C=O) groups is 1. The quantitative estimate of drug-likeness (QED) is 0.727. The standard InChI is InChI=1S/C11H22N2O2/c1-4-12-11(14)13(7-8-15-3)9(2)10-5-6-10/h9-10H,4-8H2,1-3H3,(H,12,14). The van der Waals surface area contributed by atoms with Gasteiger partial charge in [-0.1, -0.05) is 0 Å². The van der Waals surface area contributed by atoms with Crippen LogP contribution in [0.3, 0.4) is 0 Å². The Morgan fingerprint density at radius 1 is 1.60 bits per heavy atom. The van der Waals surface area contributed by atoms with Crippen molar-refractivity contribution >= 4 is 6.03 Å². The fraction of sp³-hybridized carbons (Fsp3) is 0.909. The van der Waals surface area contributed by atoms with Crippen LogP contribution in [0.2, 0.25) is 0 Å². The fourth-order valence-corrected chi connectivity index (χ4v) is 1.77. The highest BCUT2D eigenvalue weighted by Crippen LogP contribution is 2.35. The molecule has 0 aromatic rings. The molecule has 0 radical (unpaired) electrons. The van der Waals surface area contributed by atoms with E-state index < -0.39 is 0 Å². The molecule has 1 aliphatic carbocycles. The average Bonchev–Trinajstić information content (AvgIpc) is 3.01. The van der Waals surface area contributed by atoms with E-state index in [0.29, 0.717) is 31.7 Å². The summed E-state index contributed by atoms with van der Waals surface area (Å²) in [6.45, 7) is 6.03. The van der Waals surface area contributed by atoms with Gasteiger partial charge in [-0.3, -0.25) is 0 Å². The Morgan fingerprint density at radius 2 is 2.27 bits per heavy atom. The first-order valence-corrected chi connectivity index (χ1v) is 5.74. The number of amides is 2. The molecule has 1 N–H and O–H groups in total. The van der Waals surface area contributed by atoms with Gasteiger partial charge in [0.25, 0.3) is 0 Å². The van der Waals surface area contributed by atoms with Gasteiger partial charge >= 0.3 is 6.03 Å². The molecule has 0 heterocycles. The predicted molar refractivity (Wildman–Crippen MR) is 59.8 cm³/mol. The molecule has 1 unspecified atom stereocenters. The van der Waals surface area contributed by atoms with Gasteiger partial charge in [0.1, 0.15) is 0 Å². The zero-order valence-corrected chi connectivity index (χ0v) is 9.95. The third-order valence-electron chi connectivity index (χ3n) is 2.92. The second kappa shape index (κ2) is 5.95. The van der Waals surface area contributed by atoms with Crippen LogP contribution in [0, 0.1) is 5.92 Å². The summed E-state index contributed by atoms with van der Waals surface area (Å²) in [4.78, 5) is 13.7. The maximum Gasteiger partial charge on any atom is 0.317 e. The first-order chi connectivity index (χ1) is 7.20. The Bertz CT molecular complexity index is 205. The van der Waals surface area contributed by atoms with Gasteiger partial charge in [-0.15, -0.1) is 0 Å². The van der Waals surface area contributed by atoms with Crippen molar-refractivity contribution in [2.75, 3.05) is 26.8 Å². The molecule has 1 atom stereocenters. The molecule has 2 amide bonds. The summed E-state index contributed by atoms with van der Waals surface area (Å²) in [6.07, 6.45) is 2.51. The zero-order valence-electron chi connectivity index (χ0n) is 9.95. The fourth-order valence-electron chi connectivity index (χ4n) is 1.77. The van der Waals surface area contributed by atoms with Gasteiger partial charge in [0.05, 0.1) is 6.61 Å². The van der Waals surface area contributed by atoms with Crippen molar-refractivity contribution in [3.05, 3.63) is 0 Å². The summed E-state index contributed by atoms with van der Waals surface area (Å²) < 4.78 is 5.03. The lowest BCUT2D eigenvalue weighted by molar-refractivity contribution is 0.127. The molecule has 0 aliphatic heterocycles. The highest BCUT2D eigenvalue weighted by atomic mass is 16.5. The monoisotopic (exact) mass is 214 g/mol. The summed E-state index contributed by atoms with van der Waals surface area (Å²) in [5.74, 6) is 0.699. The number of urea groups is 1. The van der Waals surface area contributed by atoms with Crippen molar-refractivity contribution in [2.24, 2.45) is 5.92 Å². The van der Waals surface area contributed by atoms with Crippen LogP contribution in [0.25, 0.3) is 0 Å². The van der Waals surface area contributed by atoms with Crippen molar-refractivity contribution in [2.45, 2.75) is 32.7 Å². The normalized spacial score (nSPS) is 17.3. The minimum absolute atomic E-state index is 0.0361. The van der Waals surface area contributed by atoms with Crippen LogP contribution in [0.15, 0.2) is 0 Å². The summed E-state index contributed by atoms with van der Waals surface area (Å²) in [5.41, 5.74) is 0. The molecule has 4 heteroatoms. The molecule has 0 saturated heterocycles. The topological polar surface area (TPSA) is 41.6 Å². The van der Waals surface area contributed by atoms with E-state index in [4.69, 9.17) is 4.74 Å². The van der Waals surface area contributed by atoms with Crippen LogP contribution in [-0.2, 0) is 4.74 Å². The van der Waals surface area contributed by atoms with Gasteiger partial charge in [-0.05, 0) is 32.6 Å². The van der Waals surface area contributed by atoms with Crippen molar-refractivity contribution < 1.29 is 9.53 Å². The van der Waals surface area contributed by atoms with Crippen LogP contribution in [0.1, 0.15) is 26.7 Å². The summed E-state index contributed by atoms with van der Waals surface area (Å²) in [5, 5.41) is 2.85. The Balaban J connectivity index is 2.46. The van der Waals surface area contributed by atoms with Crippen LogP contribution in [-0.4, -0.2) is 43.8 Å². The summed E-state index contributed by atoms with van der Waals surface area (Å²) in [7, 11) is 1.66. The number of nitrogens with zero attached hydrogens (tertiary/aromatic N) is 1. The number of hydrogen-bond acceptors (Lipinski definition) is 2.